The van der Waals surface area contributed by atoms with E-state index >= 15 is 0 Å². The van der Waals surface area contributed by atoms with E-state index in [0.717, 1.165) is 6.04 Å². The minimum Gasteiger partial charge on any atom is -0.301 e. The van der Waals surface area contributed by atoms with Crippen LogP contribution >= 0.6 is 0 Å². The highest BCUT2D eigenvalue weighted by atomic mass is 15.3. The van der Waals surface area contributed by atoms with Crippen molar-refractivity contribution in [3.63, 3.8) is 0 Å². The summed E-state index contributed by atoms with van der Waals surface area (Å²) in [6.45, 7) is 13.3. The van der Waals surface area contributed by atoms with E-state index in [2.05, 4.69) is 30.6 Å². The van der Waals surface area contributed by atoms with Crippen LogP contribution < -0.4 is 0 Å². The molecule has 1 fully saturated rings. The molecule has 1 aliphatic rings. The molecule has 96 valence electrons. The normalized spacial score (nSPS) is 19.5. The van der Waals surface area contributed by atoms with Crippen LogP contribution in [0.4, 0.5) is 0 Å². The van der Waals surface area contributed by atoms with E-state index in [1.807, 2.05) is 0 Å². The Kier molecular flexibility index (Phi) is 7.06. The molecule has 0 aromatic heterocycles. The van der Waals surface area contributed by atoms with Gasteiger partial charge in [0.15, 0.2) is 0 Å². The van der Waals surface area contributed by atoms with Gasteiger partial charge in [-0.1, -0.05) is 32.6 Å². The molecule has 0 unspecified atom stereocenters. The molecule has 0 amide bonds. The zero-order chi connectivity index (χ0) is 11.8. The van der Waals surface area contributed by atoms with Gasteiger partial charge in [0.25, 0.3) is 0 Å². The summed E-state index contributed by atoms with van der Waals surface area (Å²) in [4.78, 5) is 5.23. The fourth-order valence-electron chi connectivity index (χ4n) is 2.44. The molecule has 16 heavy (non-hydrogen) atoms. The Hall–Kier alpha value is -0.0800. The van der Waals surface area contributed by atoms with Crippen LogP contribution in [0, 0.1) is 0 Å². The largest absolute Gasteiger partial charge is 0.301 e. The second-order valence-electron chi connectivity index (χ2n) is 5.39. The lowest BCUT2D eigenvalue weighted by molar-refractivity contribution is 0.107. The molecule has 0 aromatic carbocycles. The second-order valence-corrected chi connectivity index (χ2v) is 5.39. The monoisotopic (exact) mass is 226 g/mol. The van der Waals surface area contributed by atoms with E-state index in [1.165, 1.54) is 64.8 Å². The van der Waals surface area contributed by atoms with E-state index in [1.54, 1.807) is 0 Å². The first-order valence-electron chi connectivity index (χ1n) is 7.20. The van der Waals surface area contributed by atoms with Crippen LogP contribution in [0.5, 0.6) is 0 Å². The lowest BCUT2D eigenvalue weighted by atomic mass is 10.1. The van der Waals surface area contributed by atoms with E-state index in [9.17, 15) is 0 Å². The van der Waals surface area contributed by atoms with Crippen LogP contribution in [0.15, 0.2) is 0 Å². The lowest BCUT2D eigenvalue weighted by Gasteiger charge is -2.36. The SMILES string of the molecule is CCCCCCCN1CCN(C(C)C)CC1. The molecule has 2 heteroatoms. The summed E-state index contributed by atoms with van der Waals surface area (Å²) in [7, 11) is 0. The van der Waals surface area contributed by atoms with Crippen molar-refractivity contribution in [2.24, 2.45) is 0 Å². The van der Waals surface area contributed by atoms with Crippen molar-refractivity contribution in [2.75, 3.05) is 32.7 Å². The third-order valence-corrected chi connectivity index (χ3v) is 3.72. The molecular weight excluding hydrogens is 196 g/mol. The van der Waals surface area contributed by atoms with Gasteiger partial charge in [0.2, 0.25) is 0 Å². The van der Waals surface area contributed by atoms with Gasteiger partial charge in [-0.05, 0) is 26.8 Å². The van der Waals surface area contributed by atoms with Crippen molar-refractivity contribution in [2.45, 2.75) is 58.9 Å². The molecule has 0 radical (unpaired) electrons. The highest BCUT2D eigenvalue weighted by Crippen LogP contribution is 2.08. The predicted molar refractivity (Wildman–Crippen MR) is 71.9 cm³/mol. The number of hydrogen-bond donors (Lipinski definition) is 0. The first-order valence-corrected chi connectivity index (χ1v) is 7.20. The van der Waals surface area contributed by atoms with Gasteiger partial charge >= 0.3 is 0 Å². The maximum atomic E-state index is 2.64. The van der Waals surface area contributed by atoms with Gasteiger partial charge in [0.05, 0.1) is 0 Å². The molecule has 1 rings (SSSR count). The van der Waals surface area contributed by atoms with Crippen LogP contribution in [0.2, 0.25) is 0 Å². The quantitative estimate of drug-likeness (QED) is 0.616. The van der Waals surface area contributed by atoms with Gasteiger partial charge in [-0.3, -0.25) is 4.90 Å². The van der Waals surface area contributed by atoms with E-state index < -0.39 is 0 Å². The van der Waals surface area contributed by atoms with Crippen molar-refractivity contribution in [1.82, 2.24) is 9.80 Å². The Morgan fingerprint density at radius 3 is 2.06 bits per heavy atom. The summed E-state index contributed by atoms with van der Waals surface area (Å²) in [5.74, 6) is 0. The van der Waals surface area contributed by atoms with Crippen molar-refractivity contribution >= 4 is 0 Å². The summed E-state index contributed by atoms with van der Waals surface area (Å²) in [5.41, 5.74) is 0. The smallest absolute Gasteiger partial charge is 0.0113 e. The maximum absolute atomic E-state index is 2.64. The average Bonchev–Trinajstić information content (AvgIpc) is 2.29. The summed E-state index contributed by atoms with van der Waals surface area (Å²) in [6.07, 6.45) is 7.04. The molecule has 0 spiro atoms. The zero-order valence-corrected chi connectivity index (χ0v) is 11.5. The van der Waals surface area contributed by atoms with Crippen LogP contribution in [-0.4, -0.2) is 48.6 Å². The molecule has 1 saturated heterocycles. The number of rotatable bonds is 7. The van der Waals surface area contributed by atoms with E-state index in [-0.39, 0.29) is 0 Å². The standard InChI is InChI=1S/C14H30N2/c1-4-5-6-7-8-9-15-10-12-16(13-11-15)14(2)3/h14H,4-13H2,1-3H3. The molecule has 0 N–H and O–H groups in total. The fourth-order valence-corrected chi connectivity index (χ4v) is 2.44. The summed E-state index contributed by atoms with van der Waals surface area (Å²) in [5, 5.41) is 0. The molecule has 2 nitrogen and oxygen atoms in total. The molecule has 0 bridgehead atoms. The fraction of sp³-hybridized carbons (Fsp3) is 1.00. The maximum Gasteiger partial charge on any atom is 0.0113 e. The summed E-state index contributed by atoms with van der Waals surface area (Å²) < 4.78 is 0. The van der Waals surface area contributed by atoms with E-state index in [4.69, 9.17) is 0 Å². The van der Waals surface area contributed by atoms with Crippen molar-refractivity contribution in [3.05, 3.63) is 0 Å². The van der Waals surface area contributed by atoms with Crippen molar-refractivity contribution in [3.8, 4) is 0 Å². The van der Waals surface area contributed by atoms with Crippen LogP contribution in [-0.2, 0) is 0 Å². The van der Waals surface area contributed by atoms with Gasteiger partial charge in [0.1, 0.15) is 0 Å². The molecule has 0 aromatic rings. The molecule has 0 aliphatic carbocycles. The third-order valence-electron chi connectivity index (χ3n) is 3.72. The topological polar surface area (TPSA) is 6.48 Å². The average molecular weight is 226 g/mol. The van der Waals surface area contributed by atoms with Crippen LogP contribution in [0.25, 0.3) is 0 Å². The van der Waals surface area contributed by atoms with Gasteiger partial charge in [-0.25, -0.2) is 0 Å². The summed E-state index contributed by atoms with van der Waals surface area (Å²) >= 11 is 0. The number of hydrogen-bond acceptors (Lipinski definition) is 2. The Morgan fingerprint density at radius 1 is 0.875 bits per heavy atom. The molecule has 1 aliphatic heterocycles. The molecule has 0 saturated carbocycles. The highest BCUT2D eigenvalue weighted by Gasteiger charge is 2.17. The van der Waals surface area contributed by atoms with Gasteiger partial charge in [0, 0.05) is 32.2 Å². The number of unbranched alkanes of at least 4 members (excludes halogenated alkanes) is 4. The lowest BCUT2D eigenvalue weighted by Crippen LogP contribution is -2.48. The minimum absolute atomic E-state index is 0.728. The molecule has 0 atom stereocenters. The first kappa shape index (κ1) is 14.0. The Balaban J connectivity index is 1.99. The van der Waals surface area contributed by atoms with E-state index in [0.29, 0.717) is 0 Å². The van der Waals surface area contributed by atoms with Gasteiger partial charge in [-0.2, -0.15) is 0 Å². The van der Waals surface area contributed by atoms with Crippen LogP contribution in [0.3, 0.4) is 0 Å². The van der Waals surface area contributed by atoms with Gasteiger partial charge < -0.3 is 4.90 Å². The highest BCUT2D eigenvalue weighted by molar-refractivity contribution is 4.73. The zero-order valence-electron chi connectivity index (χ0n) is 11.5. The Bertz CT molecular complexity index is 160. The Labute approximate surface area is 102 Å². The predicted octanol–water partition coefficient (Wildman–Crippen LogP) is 2.98. The Morgan fingerprint density at radius 2 is 1.50 bits per heavy atom. The van der Waals surface area contributed by atoms with Gasteiger partial charge in [-0.15, -0.1) is 0 Å². The van der Waals surface area contributed by atoms with Crippen LogP contribution in [0.1, 0.15) is 52.9 Å². The number of piperazine rings is 1. The first-order chi connectivity index (χ1) is 7.74. The summed E-state index contributed by atoms with van der Waals surface area (Å²) in [6, 6.07) is 0.728. The number of nitrogens with zero attached hydrogens (tertiary/aromatic N) is 2. The minimum atomic E-state index is 0.728. The van der Waals surface area contributed by atoms with Crippen molar-refractivity contribution in [1.29, 1.82) is 0 Å². The molecular formula is C14H30N2. The third kappa shape index (κ3) is 5.31. The molecule has 1 heterocycles. The second kappa shape index (κ2) is 8.08. The van der Waals surface area contributed by atoms with Crippen molar-refractivity contribution < 1.29 is 0 Å².